The monoisotopic (exact) mass is 277 g/mol. The molecule has 96 valence electrons. The zero-order valence-electron chi connectivity index (χ0n) is 9.50. The molecule has 1 aromatic heterocycles. The van der Waals surface area contributed by atoms with Crippen LogP contribution in [0.5, 0.6) is 0 Å². The van der Waals surface area contributed by atoms with Crippen molar-refractivity contribution in [2.45, 2.75) is 0 Å². The van der Waals surface area contributed by atoms with Gasteiger partial charge in [-0.1, -0.05) is 17.7 Å². The topological polar surface area (TPSA) is 92.2 Å². The Morgan fingerprint density at radius 1 is 1.16 bits per heavy atom. The molecule has 1 amide bonds. The van der Waals surface area contributed by atoms with Crippen molar-refractivity contribution >= 4 is 29.2 Å². The Hall–Kier alpha value is -2.47. The SMILES string of the molecule is O=C(O)c1cccc(NC(=O)c2ccc(Cl)nn2)c1. The summed E-state index contributed by atoms with van der Waals surface area (Å²) in [7, 11) is 0. The lowest BCUT2D eigenvalue weighted by atomic mass is 10.2. The molecule has 0 saturated carbocycles. The number of hydrogen-bond acceptors (Lipinski definition) is 4. The van der Waals surface area contributed by atoms with Crippen LogP contribution in [0.15, 0.2) is 36.4 Å². The Bertz CT molecular complexity index is 628. The van der Waals surface area contributed by atoms with E-state index >= 15 is 0 Å². The second kappa shape index (κ2) is 5.45. The number of rotatable bonds is 3. The Balaban J connectivity index is 2.17. The number of carbonyl (C=O) groups is 2. The molecule has 1 aromatic carbocycles. The molecule has 0 spiro atoms. The van der Waals surface area contributed by atoms with Crippen molar-refractivity contribution in [1.29, 1.82) is 0 Å². The predicted molar refractivity (Wildman–Crippen MR) is 68.4 cm³/mol. The highest BCUT2D eigenvalue weighted by Crippen LogP contribution is 2.12. The summed E-state index contributed by atoms with van der Waals surface area (Å²) in [4.78, 5) is 22.6. The number of aromatic carboxylic acids is 1. The molecule has 0 aliphatic rings. The second-order valence-electron chi connectivity index (χ2n) is 3.58. The maximum atomic E-state index is 11.8. The van der Waals surface area contributed by atoms with Gasteiger partial charge in [0, 0.05) is 5.69 Å². The Morgan fingerprint density at radius 3 is 2.58 bits per heavy atom. The first kappa shape index (κ1) is 13.0. The molecule has 6 nitrogen and oxygen atoms in total. The number of carbonyl (C=O) groups excluding carboxylic acids is 1. The molecular weight excluding hydrogens is 270 g/mol. The first-order valence-electron chi connectivity index (χ1n) is 5.20. The zero-order chi connectivity index (χ0) is 13.8. The molecule has 2 rings (SSSR count). The van der Waals surface area contributed by atoms with E-state index in [4.69, 9.17) is 16.7 Å². The zero-order valence-corrected chi connectivity index (χ0v) is 10.3. The fourth-order valence-electron chi connectivity index (χ4n) is 1.36. The minimum Gasteiger partial charge on any atom is -0.478 e. The van der Waals surface area contributed by atoms with Gasteiger partial charge >= 0.3 is 5.97 Å². The molecule has 0 unspecified atom stereocenters. The van der Waals surface area contributed by atoms with E-state index in [2.05, 4.69) is 15.5 Å². The van der Waals surface area contributed by atoms with Gasteiger partial charge in [0.25, 0.3) is 5.91 Å². The summed E-state index contributed by atoms with van der Waals surface area (Å²) in [5.41, 5.74) is 0.534. The van der Waals surface area contributed by atoms with Crippen LogP contribution in [0, 0.1) is 0 Å². The van der Waals surface area contributed by atoms with Crippen LogP contribution >= 0.6 is 11.6 Å². The van der Waals surface area contributed by atoms with Crippen LogP contribution in [-0.2, 0) is 0 Å². The van der Waals surface area contributed by atoms with E-state index in [-0.39, 0.29) is 16.4 Å². The summed E-state index contributed by atoms with van der Waals surface area (Å²) in [6, 6.07) is 8.76. The first-order valence-corrected chi connectivity index (χ1v) is 5.58. The molecule has 0 radical (unpaired) electrons. The maximum absolute atomic E-state index is 11.8. The summed E-state index contributed by atoms with van der Waals surface area (Å²) in [6.45, 7) is 0. The van der Waals surface area contributed by atoms with Crippen LogP contribution in [0.4, 0.5) is 5.69 Å². The fraction of sp³-hybridized carbons (Fsp3) is 0. The number of carboxylic acids is 1. The van der Waals surface area contributed by atoms with Gasteiger partial charge in [-0.3, -0.25) is 4.79 Å². The van der Waals surface area contributed by atoms with E-state index in [9.17, 15) is 9.59 Å². The summed E-state index contributed by atoms with van der Waals surface area (Å²) in [6.07, 6.45) is 0. The van der Waals surface area contributed by atoms with Crippen LogP contribution < -0.4 is 5.32 Å². The lowest BCUT2D eigenvalue weighted by Crippen LogP contribution is -2.14. The van der Waals surface area contributed by atoms with Crippen LogP contribution in [-0.4, -0.2) is 27.2 Å². The van der Waals surface area contributed by atoms with Crippen LogP contribution in [0.2, 0.25) is 5.15 Å². The summed E-state index contributed by atoms with van der Waals surface area (Å²) in [5, 5.41) is 18.7. The minimum atomic E-state index is -1.07. The molecule has 0 bridgehead atoms. The molecule has 0 saturated heterocycles. The van der Waals surface area contributed by atoms with E-state index in [1.54, 1.807) is 6.07 Å². The van der Waals surface area contributed by atoms with Gasteiger partial charge in [0.1, 0.15) is 0 Å². The summed E-state index contributed by atoms with van der Waals surface area (Å²) >= 11 is 5.56. The smallest absolute Gasteiger partial charge is 0.335 e. The van der Waals surface area contributed by atoms with Crippen molar-refractivity contribution in [2.75, 3.05) is 5.32 Å². The first-order chi connectivity index (χ1) is 9.06. The molecule has 2 N–H and O–H groups in total. The lowest BCUT2D eigenvalue weighted by Gasteiger charge is -2.05. The number of nitrogens with one attached hydrogen (secondary N) is 1. The van der Waals surface area contributed by atoms with Crippen molar-refractivity contribution in [3.05, 3.63) is 52.8 Å². The van der Waals surface area contributed by atoms with Gasteiger partial charge in [-0.2, -0.15) is 0 Å². The number of carboxylic acid groups (broad SMARTS) is 1. The third kappa shape index (κ3) is 3.26. The minimum absolute atomic E-state index is 0.0833. The molecule has 0 fully saturated rings. The number of benzene rings is 1. The maximum Gasteiger partial charge on any atom is 0.335 e. The molecule has 1 heterocycles. The summed E-state index contributed by atoms with van der Waals surface area (Å²) in [5.74, 6) is -1.56. The average Bonchev–Trinajstić information content (AvgIpc) is 2.39. The van der Waals surface area contributed by atoms with Gasteiger partial charge in [0.2, 0.25) is 0 Å². The van der Waals surface area contributed by atoms with E-state index in [1.165, 1.54) is 30.3 Å². The van der Waals surface area contributed by atoms with Gasteiger partial charge in [-0.25, -0.2) is 4.79 Å². The van der Waals surface area contributed by atoms with Crippen molar-refractivity contribution in [2.24, 2.45) is 0 Å². The molecule has 0 aliphatic heterocycles. The quantitative estimate of drug-likeness (QED) is 0.896. The van der Waals surface area contributed by atoms with Gasteiger partial charge in [-0.05, 0) is 30.3 Å². The Kier molecular flexibility index (Phi) is 3.72. The number of anilines is 1. The number of halogens is 1. The van der Waals surface area contributed by atoms with E-state index in [0.29, 0.717) is 5.69 Å². The molecule has 7 heteroatoms. The van der Waals surface area contributed by atoms with Gasteiger partial charge in [-0.15, -0.1) is 10.2 Å². The number of amides is 1. The fourth-order valence-corrected chi connectivity index (χ4v) is 1.46. The lowest BCUT2D eigenvalue weighted by molar-refractivity contribution is 0.0696. The number of hydrogen-bond donors (Lipinski definition) is 2. The third-order valence-corrected chi connectivity index (χ3v) is 2.43. The second-order valence-corrected chi connectivity index (χ2v) is 3.97. The van der Waals surface area contributed by atoms with Crippen molar-refractivity contribution in [1.82, 2.24) is 10.2 Å². The molecule has 19 heavy (non-hydrogen) atoms. The van der Waals surface area contributed by atoms with Gasteiger partial charge in [0.15, 0.2) is 10.8 Å². The van der Waals surface area contributed by atoms with E-state index in [0.717, 1.165) is 0 Å². The molecule has 0 aliphatic carbocycles. The van der Waals surface area contributed by atoms with Crippen molar-refractivity contribution < 1.29 is 14.7 Å². The third-order valence-electron chi connectivity index (χ3n) is 2.23. The highest BCUT2D eigenvalue weighted by molar-refractivity contribution is 6.29. The molecule has 0 atom stereocenters. The highest BCUT2D eigenvalue weighted by Gasteiger charge is 2.10. The normalized spacial score (nSPS) is 9.95. The standard InChI is InChI=1S/C12H8ClN3O3/c13-10-5-4-9(15-16-10)11(17)14-8-3-1-2-7(6-8)12(18)19/h1-6H,(H,14,17)(H,18,19). The predicted octanol–water partition coefficient (Wildman–Crippen LogP) is 2.08. The number of nitrogens with zero attached hydrogens (tertiary/aromatic N) is 2. The highest BCUT2D eigenvalue weighted by atomic mass is 35.5. The Labute approximate surface area is 113 Å². The molecular formula is C12H8ClN3O3. The van der Waals surface area contributed by atoms with Crippen molar-refractivity contribution in [3.8, 4) is 0 Å². The average molecular weight is 278 g/mol. The van der Waals surface area contributed by atoms with E-state index in [1.807, 2.05) is 0 Å². The van der Waals surface area contributed by atoms with Gasteiger partial charge in [0.05, 0.1) is 5.56 Å². The van der Waals surface area contributed by atoms with Gasteiger partial charge < -0.3 is 10.4 Å². The Morgan fingerprint density at radius 2 is 1.95 bits per heavy atom. The largest absolute Gasteiger partial charge is 0.478 e. The van der Waals surface area contributed by atoms with Crippen molar-refractivity contribution in [3.63, 3.8) is 0 Å². The summed E-state index contributed by atoms with van der Waals surface area (Å²) < 4.78 is 0. The number of aromatic nitrogens is 2. The van der Waals surface area contributed by atoms with Crippen LogP contribution in [0.3, 0.4) is 0 Å². The van der Waals surface area contributed by atoms with E-state index < -0.39 is 11.9 Å². The van der Waals surface area contributed by atoms with Crippen LogP contribution in [0.25, 0.3) is 0 Å². The molecule has 2 aromatic rings. The van der Waals surface area contributed by atoms with Crippen LogP contribution in [0.1, 0.15) is 20.8 Å².